The van der Waals surface area contributed by atoms with Crippen molar-refractivity contribution in [1.82, 2.24) is 0 Å². The van der Waals surface area contributed by atoms with Crippen LogP contribution in [0.4, 0.5) is 13.2 Å². The summed E-state index contributed by atoms with van der Waals surface area (Å²) >= 11 is 2.52. The summed E-state index contributed by atoms with van der Waals surface area (Å²) in [6.45, 7) is 0. The van der Waals surface area contributed by atoms with Gasteiger partial charge in [0.05, 0.1) is 0 Å². The van der Waals surface area contributed by atoms with E-state index in [1.165, 1.54) is 7.05 Å². The lowest BCUT2D eigenvalue weighted by molar-refractivity contribution is -0.168. The number of ketones is 1. The minimum Gasteiger partial charge on any atom is -0.299 e. The van der Waals surface area contributed by atoms with Crippen molar-refractivity contribution in [1.29, 1.82) is 0 Å². The van der Waals surface area contributed by atoms with Crippen LogP contribution in [0.1, 0.15) is 0 Å². The van der Waals surface area contributed by atoms with Gasteiger partial charge in [0.2, 0.25) is 0 Å². The quantitative estimate of drug-likeness (QED) is 0.525. The summed E-state index contributed by atoms with van der Waals surface area (Å²) in [5.41, 5.74) is 0. The topological polar surface area (TPSA) is 29.4 Å². The van der Waals surface area contributed by atoms with Gasteiger partial charge in [0.25, 0.3) is 5.78 Å². The normalized spacial score (nSPS) is 15.4. The number of carbonyl (C=O) groups is 1. The van der Waals surface area contributed by atoms with Crippen LogP contribution in [0.25, 0.3) is 0 Å². The molecule has 0 spiro atoms. The second kappa shape index (κ2) is 3.85. The zero-order chi connectivity index (χ0) is 9.07. The van der Waals surface area contributed by atoms with Gasteiger partial charge in [-0.15, -0.1) is 0 Å². The third kappa shape index (κ3) is 3.50. The second-order valence-corrected chi connectivity index (χ2v) is 2.66. The number of halogens is 4. The number of nitrogens with zero attached hydrogens (tertiary/aromatic N) is 1. The summed E-state index contributed by atoms with van der Waals surface area (Å²) in [5, 5.41) is 0. The second-order valence-electron chi connectivity index (χ2n) is 1.67. The molecule has 0 fully saturated rings. The summed E-state index contributed by atoms with van der Waals surface area (Å²) in [6.07, 6.45) is -3.91. The molecule has 0 saturated heterocycles. The average Bonchev–Trinajstić information content (AvgIpc) is 1.85. The number of carbonyl (C=O) groups excluding carboxylic acids is 1. The molecule has 0 aromatic heterocycles. The molecule has 0 radical (unpaired) electrons. The summed E-state index contributed by atoms with van der Waals surface area (Å²) in [5.74, 6) is -1.84. The van der Waals surface area contributed by atoms with Gasteiger partial charge in [-0.3, -0.25) is 9.79 Å². The van der Waals surface area contributed by atoms with E-state index in [0.29, 0.717) is 0 Å². The van der Waals surface area contributed by atoms with Crippen molar-refractivity contribution >= 4 is 27.9 Å². The van der Waals surface area contributed by atoms with Gasteiger partial charge in [-0.05, 0) is 0 Å². The van der Waals surface area contributed by atoms with E-state index >= 15 is 0 Å². The van der Waals surface area contributed by atoms with Gasteiger partial charge in [0, 0.05) is 13.3 Å². The first-order valence-electron chi connectivity index (χ1n) is 2.57. The molecule has 1 unspecified atom stereocenters. The van der Waals surface area contributed by atoms with Gasteiger partial charge in [0.1, 0.15) is 4.83 Å². The van der Waals surface area contributed by atoms with Crippen LogP contribution >= 0.6 is 15.9 Å². The molecular weight excluding hydrogens is 227 g/mol. The first kappa shape index (κ1) is 10.6. The highest BCUT2D eigenvalue weighted by atomic mass is 79.9. The number of alkyl halides is 4. The van der Waals surface area contributed by atoms with Gasteiger partial charge >= 0.3 is 6.18 Å². The molecule has 0 aromatic carbocycles. The molecule has 0 saturated carbocycles. The van der Waals surface area contributed by atoms with E-state index in [1.54, 1.807) is 0 Å². The molecule has 0 bridgehead atoms. The number of hydrogen-bond acceptors (Lipinski definition) is 2. The predicted molar refractivity (Wildman–Crippen MR) is 38.2 cm³/mol. The third-order valence-electron chi connectivity index (χ3n) is 0.810. The highest BCUT2D eigenvalue weighted by molar-refractivity contribution is 9.10. The molecule has 1 atom stereocenters. The van der Waals surface area contributed by atoms with E-state index in [4.69, 9.17) is 0 Å². The first-order chi connectivity index (χ1) is 4.89. The lowest BCUT2D eigenvalue weighted by atomic mass is 10.3. The SMILES string of the molecule is CN=CC(Br)C(=O)C(F)(F)F. The van der Waals surface area contributed by atoms with Crippen molar-refractivity contribution < 1.29 is 18.0 Å². The van der Waals surface area contributed by atoms with Gasteiger partial charge in [-0.1, -0.05) is 15.9 Å². The van der Waals surface area contributed by atoms with Crippen LogP contribution in [0, 0.1) is 0 Å². The Bertz CT molecular complexity index is 177. The molecule has 2 nitrogen and oxygen atoms in total. The van der Waals surface area contributed by atoms with E-state index in [1.807, 2.05) is 0 Å². The maximum atomic E-state index is 11.6. The van der Waals surface area contributed by atoms with Crippen molar-refractivity contribution in [2.45, 2.75) is 11.0 Å². The monoisotopic (exact) mass is 231 g/mol. The van der Waals surface area contributed by atoms with E-state index in [0.717, 1.165) is 6.21 Å². The molecule has 6 heteroatoms. The Morgan fingerprint density at radius 1 is 1.64 bits per heavy atom. The molecule has 0 N–H and O–H groups in total. The van der Waals surface area contributed by atoms with Gasteiger partial charge in [-0.2, -0.15) is 13.2 Å². The maximum absolute atomic E-state index is 11.6. The molecule has 0 amide bonds. The summed E-state index contributed by atoms with van der Waals surface area (Å²) < 4.78 is 34.7. The standard InChI is InChI=1S/C5H5BrF3NO/c1-10-2-3(6)4(11)5(7,8)9/h2-3H,1H3. The molecule has 0 aliphatic rings. The van der Waals surface area contributed by atoms with Crippen LogP contribution in [-0.2, 0) is 4.79 Å². The van der Waals surface area contributed by atoms with Gasteiger partial charge in [-0.25, -0.2) is 0 Å². The number of aliphatic imine (C=N–C) groups is 1. The summed E-state index contributed by atoms with van der Waals surface area (Å²) in [6, 6.07) is 0. The Labute approximate surface area is 69.6 Å². The summed E-state index contributed by atoms with van der Waals surface area (Å²) in [4.78, 5) is 12.2. The van der Waals surface area contributed by atoms with E-state index in [-0.39, 0.29) is 0 Å². The fourth-order valence-corrected chi connectivity index (χ4v) is 0.851. The Kier molecular flexibility index (Phi) is 3.71. The Morgan fingerprint density at radius 3 is 2.36 bits per heavy atom. The fraction of sp³-hybridized carbons (Fsp3) is 0.600. The minimum atomic E-state index is -4.80. The van der Waals surface area contributed by atoms with Crippen molar-refractivity contribution in [2.24, 2.45) is 4.99 Å². The third-order valence-corrected chi connectivity index (χ3v) is 1.46. The van der Waals surface area contributed by atoms with Crippen LogP contribution in [-0.4, -0.2) is 30.0 Å². The molecular formula is C5H5BrF3NO. The predicted octanol–water partition coefficient (Wildman–Crippen LogP) is 1.58. The molecule has 0 heterocycles. The lowest BCUT2D eigenvalue weighted by Crippen LogP contribution is -2.31. The zero-order valence-electron chi connectivity index (χ0n) is 5.52. The van der Waals surface area contributed by atoms with Crippen LogP contribution in [0.2, 0.25) is 0 Å². The lowest BCUT2D eigenvalue weighted by Gasteiger charge is -2.05. The number of rotatable bonds is 2. The minimum absolute atomic E-state index is 0.885. The molecule has 0 aliphatic heterocycles. The first-order valence-corrected chi connectivity index (χ1v) is 3.48. The van der Waals surface area contributed by atoms with Crippen LogP contribution < -0.4 is 0 Å². The number of hydrogen-bond donors (Lipinski definition) is 0. The fourth-order valence-electron chi connectivity index (χ4n) is 0.355. The maximum Gasteiger partial charge on any atom is 0.451 e. The van der Waals surface area contributed by atoms with Crippen molar-refractivity contribution in [2.75, 3.05) is 7.05 Å². The van der Waals surface area contributed by atoms with E-state index in [2.05, 4.69) is 20.9 Å². The highest BCUT2D eigenvalue weighted by Gasteiger charge is 2.41. The highest BCUT2D eigenvalue weighted by Crippen LogP contribution is 2.20. The van der Waals surface area contributed by atoms with Crippen molar-refractivity contribution in [3.63, 3.8) is 0 Å². The van der Waals surface area contributed by atoms with Crippen molar-refractivity contribution in [3.05, 3.63) is 0 Å². The Balaban J connectivity index is 4.26. The van der Waals surface area contributed by atoms with E-state index < -0.39 is 16.8 Å². The molecule has 0 aromatic rings. The molecule has 0 rings (SSSR count). The van der Waals surface area contributed by atoms with Gasteiger partial charge < -0.3 is 0 Å². The average molecular weight is 232 g/mol. The number of Topliss-reactive ketones (excluding diaryl/α,β-unsaturated/α-hetero) is 1. The van der Waals surface area contributed by atoms with E-state index in [9.17, 15) is 18.0 Å². The molecule has 64 valence electrons. The molecule has 0 aliphatic carbocycles. The Morgan fingerprint density at radius 2 is 2.09 bits per heavy atom. The largest absolute Gasteiger partial charge is 0.451 e. The van der Waals surface area contributed by atoms with Crippen LogP contribution in [0.15, 0.2) is 4.99 Å². The Hall–Kier alpha value is -0.390. The summed E-state index contributed by atoms with van der Waals surface area (Å²) in [7, 11) is 1.29. The molecule has 11 heavy (non-hydrogen) atoms. The van der Waals surface area contributed by atoms with Crippen molar-refractivity contribution in [3.8, 4) is 0 Å². The van der Waals surface area contributed by atoms with Crippen LogP contribution in [0.3, 0.4) is 0 Å². The van der Waals surface area contributed by atoms with Gasteiger partial charge in [0.15, 0.2) is 0 Å². The van der Waals surface area contributed by atoms with Crippen LogP contribution in [0.5, 0.6) is 0 Å². The zero-order valence-corrected chi connectivity index (χ0v) is 7.11. The smallest absolute Gasteiger partial charge is 0.299 e.